The summed E-state index contributed by atoms with van der Waals surface area (Å²) >= 11 is 7.20. The first-order valence-electron chi connectivity index (χ1n) is 9.65. The van der Waals surface area contributed by atoms with Crippen LogP contribution in [-0.2, 0) is 23.9 Å². The van der Waals surface area contributed by atoms with E-state index in [1.807, 2.05) is 12.1 Å². The van der Waals surface area contributed by atoms with Crippen molar-refractivity contribution in [2.75, 3.05) is 12.9 Å². The number of nitrogens with one attached hydrogen (secondary N) is 1. The van der Waals surface area contributed by atoms with Gasteiger partial charge in [0.25, 0.3) is 0 Å². The molecule has 0 fully saturated rings. The molecule has 3 aromatic rings. The van der Waals surface area contributed by atoms with Crippen LogP contribution >= 0.6 is 23.4 Å². The van der Waals surface area contributed by atoms with Crippen LogP contribution in [0, 0.1) is 0 Å². The van der Waals surface area contributed by atoms with Gasteiger partial charge in [-0.2, -0.15) is 13.2 Å². The van der Waals surface area contributed by atoms with Crippen LogP contribution < -0.4 is 10.1 Å². The number of nitrogens with zero attached hydrogens (tertiary/aromatic N) is 3. The quantitative estimate of drug-likeness (QED) is 0.422. The molecule has 0 atom stereocenters. The molecule has 0 unspecified atom stereocenters. The third kappa shape index (κ3) is 6.75. The second-order valence-electron chi connectivity index (χ2n) is 6.89. The van der Waals surface area contributed by atoms with Gasteiger partial charge < -0.3 is 10.1 Å². The van der Waals surface area contributed by atoms with Crippen LogP contribution in [0.5, 0.6) is 5.75 Å². The van der Waals surface area contributed by atoms with Crippen LogP contribution in [-0.4, -0.2) is 33.5 Å². The maximum absolute atomic E-state index is 12.9. The molecule has 6 nitrogen and oxygen atoms in total. The average Bonchev–Trinajstić information content (AvgIpc) is 3.18. The van der Waals surface area contributed by atoms with Gasteiger partial charge in [0.05, 0.1) is 25.6 Å². The Balaban J connectivity index is 1.76. The molecule has 1 N–H and O–H groups in total. The van der Waals surface area contributed by atoms with Gasteiger partial charge in [0.2, 0.25) is 5.91 Å². The van der Waals surface area contributed by atoms with E-state index in [0.717, 1.165) is 17.8 Å². The predicted octanol–water partition coefficient (Wildman–Crippen LogP) is 5.00. The lowest BCUT2D eigenvalue weighted by Gasteiger charge is -2.12. The molecule has 2 aromatic carbocycles. The summed E-state index contributed by atoms with van der Waals surface area (Å²) in [5.41, 5.74) is 0.205. The normalized spacial score (nSPS) is 11.3. The molecule has 3 rings (SSSR count). The van der Waals surface area contributed by atoms with E-state index in [1.54, 1.807) is 23.8 Å². The molecule has 33 heavy (non-hydrogen) atoms. The number of rotatable bonds is 9. The highest BCUT2D eigenvalue weighted by Gasteiger charge is 2.30. The van der Waals surface area contributed by atoms with E-state index in [9.17, 15) is 18.0 Å². The molecule has 1 aromatic heterocycles. The molecule has 0 bridgehead atoms. The third-order valence-electron chi connectivity index (χ3n) is 4.45. The molecule has 0 radical (unpaired) electrons. The molecular formula is C22H20ClF3N4O2S. The van der Waals surface area contributed by atoms with E-state index >= 15 is 0 Å². The van der Waals surface area contributed by atoms with Gasteiger partial charge in [0.15, 0.2) is 11.0 Å². The van der Waals surface area contributed by atoms with Crippen LogP contribution in [0.1, 0.15) is 17.0 Å². The van der Waals surface area contributed by atoms with Gasteiger partial charge in [0.1, 0.15) is 5.75 Å². The Kier molecular flexibility index (Phi) is 8.04. The Morgan fingerprint density at radius 1 is 1.21 bits per heavy atom. The molecule has 1 amide bonds. The predicted molar refractivity (Wildman–Crippen MR) is 121 cm³/mol. The van der Waals surface area contributed by atoms with Gasteiger partial charge in [-0.25, -0.2) is 0 Å². The first-order chi connectivity index (χ1) is 15.7. The van der Waals surface area contributed by atoms with Crippen molar-refractivity contribution in [3.8, 4) is 11.4 Å². The van der Waals surface area contributed by atoms with Gasteiger partial charge in [-0.3, -0.25) is 9.36 Å². The van der Waals surface area contributed by atoms with Crippen molar-refractivity contribution in [1.82, 2.24) is 20.1 Å². The number of carbonyl (C=O) groups excluding carboxylic acids is 1. The highest BCUT2D eigenvalue weighted by Crippen LogP contribution is 2.29. The number of methoxy groups -OCH3 is 1. The van der Waals surface area contributed by atoms with Crippen LogP contribution in [0.3, 0.4) is 0 Å². The molecule has 0 spiro atoms. The molecule has 0 aliphatic heterocycles. The second kappa shape index (κ2) is 10.8. The molecule has 11 heteroatoms. The van der Waals surface area contributed by atoms with E-state index in [-0.39, 0.29) is 18.5 Å². The van der Waals surface area contributed by atoms with Crippen molar-refractivity contribution in [3.05, 3.63) is 77.1 Å². The standard InChI is InChI=1S/C22H20ClF3N4O2S/c1-14(23)13-33-21-29-28-19(30(21)17-6-8-18(32-2)9-7-17)12-27-20(31)11-15-4-3-5-16(10-15)22(24,25)26/h3-10H,1,11-13H2,2H3,(H,27,31). The molecule has 1 heterocycles. The summed E-state index contributed by atoms with van der Waals surface area (Å²) in [6, 6.07) is 11.9. The number of hydrogen-bond donors (Lipinski definition) is 1. The monoisotopic (exact) mass is 496 g/mol. The van der Waals surface area contributed by atoms with Crippen LogP contribution in [0.4, 0.5) is 13.2 Å². The highest BCUT2D eigenvalue weighted by atomic mass is 35.5. The summed E-state index contributed by atoms with van der Waals surface area (Å²) < 4.78 is 45.7. The lowest BCUT2D eigenvalue weighted by Crippen LogP contribution is -2.26. The zero-order chi connectivity index (χ0) is 24.0. The SMILES string of the molecule is C=C(Cl)CSc1nnc(CNC(=O)Cc2cccc(C(F)(F)F)c2)n1-c1ccc(OC)cc1. The fraction of sp³-hybridized carbons (Fsp3) is 0.227. The van der Waals surface area contributed by atoms with E-state index in [4.69, 9.17) is 16.3 Å². The first kappa shape index (κ1) is 24.7. The minimum atomic E-state index is -4.47. The molecule has 0 saturated carbocycles. The largest absolute Gasteiger partial charge is 0.497 e. The van der Waals surface area contributed by atoms with E-state index < -0.39 is 17.6 Å². The highest BCUT2D eigenvalue weighted by molar-refractivity contribution is 7.99. The number of thioether (sulfide) groups is 1. The number of aromatic nitrogens is 3. The van der Waals surface area contributed by atoms with Crippen LogP contribution in [0.15, 0.2) is 65.3 Å². The molecule has 0 saturated heterocycles. The van der Waals surface area contributed by atoms with Gasteiger partial charge in [-0.1, -0.05) is 48.1 Å². The van der Waals surface area contributed by atoms with E-state index in [0.29, 0.717) is 27.5 Å². The van der Waals surface area contributed by atoms with Crippen LogP contribution in [0.2, 0.25) is 0 Å². The number of hydrogen-bond acceptors (Lipinski definition) is 5. The molecular weight excluding hydrogens is 477 g/mol. The van der Waals surface area contributed by atoms with E-state index in [2.05, 4.69) is 22.1 Å². The first-order valence-corrected chi connectivity index (χ1v) is 11.0. The smallest absolute Gasteiger partial charge is 0.416 e. The Labute approximate surface area is 197 Å². The molecule has 174 valence electrons. The number of halogens is 4. The summed E-state index contributed by atoms with van der Waals surface area (Å²) in [7, 11) is 1.56. The van der Waals surface area contributed by atoms with Gasteiger partial charge in [0, 0.05) is 16.5 Å². The number of benzene rings is 2. The van der Waals surface area contributed by atoms with Crippen molar-refractivity contribution in [2.24, 2.45) is 0 Å². The zero-order valence-corrected chi connectivity index (χ0v) is 19.1. The minimum Gasteiger partial charge on any atom is -0.497 e. The van der Waals surface area contributed by atoms with Crippen molar-refractivity contribution >= 4 is 29.3 Å². The molecule has 0 aliphatic rings. The lowest BCUT2D eigenvalue weighted by molar-refractivity contribution is -0.137. The van der Waals surface area contributed by atoms with Gasteiger partial charge in [-0.05, 0) is 35.9 Å². The van der Waals surface area contributed by atoms with Crippen LogP contribution in [0.25, 0.3) is 5.69 Å². The minimum absolute atomic E-state index is 0.0270. The summed E-state index contributed by atoms with van der Waals surface area (Å²) in [6.07, 6.45) is -4.67. The number of alkyl halides is 3. The summed E-state index contributed by atoms with van der Waals surface area (Å²) in [5, 5.41) is 12.0. The maximum atomic E-state index is 12.9. The summed E-state index contributed by atoms with van der Waals surface area (Å²) in [4.78, 5) is 12.4. The fourth-order valence-electron chi connectivity index (χ4n) is 2.92. The number of amides is 1. The summed E-state index contributed by atoms with van der Waals surface area (Å²) in [5.74, 6) is 1.09. The van der Waals surface area contributed by atoms with E-state index in [1.165, 1.54) is 23.9 Å². The zero-order valence-electron chi connectivity index (χ0n) is 17.5. The fourth-order valence-corrected chi connectivity index (χ4v) is 3.81. The van der Waals surface area contributed by atoms with Gasteiger partial charge in [-0.15, -0.1) is 10.2 Å². The topological polar surface area (TPSA) is 69.0 Å². The average molecular weight is 497 g/mol. The second-order valence-corrected chi connectivity index (χ2v) is 8.37. The van der Waals surface area contributed by atoms with Crippen molar-refractivity contribution < 1.29 is 22.7 Å². The Morgan fingerprint density at radius 3 is 2.58 bits per heavy atom. The Hall–Kier alpha value is -2.98. The lowest BCUT2D eigenvalue weighted by atomic mass is 10.1. The van der Waals surface area contributed by atoms with Crippen molar-refractivity contribution in [3.63, 3.8) is 0 Å². The van der Waals surface area contributed by atoms with Crippen molar-refractivity contribution in [1.29, 1.82) is 0 Å². The number of carbonyl (C=O) groups is 1. The molecule has 0 aliphatic carbocycles. The number of ether oxygens (including phenoxy) is 1. The maximum Gasteiger partial charge on any atom is 0.416 e. The van der Waals surface area contributed by atoms with Gasteiger partial charge >= 0.3 is 6.18 Å². The summed E-state index contributed by atoms with van der Waals surface area (Å²) in [6.45, 7) is 3.69. The van der Waals surface area contributed by atoms with Crippen molar-refractivity contribution in [2.45, 2.75) is 24.3 Å². The third-order valence-corrected chi connectivity index (χ3v) is 5.76. The Bertz CT molecular complexity index is 1130. The Morgan fingerprint density at radius 2 is 1.94 bits per heavy atom.